The maximum absolute atomic E-state index is 12.2. The summed E-state index contributed by atoms with van der Waals surface area (Å²) in [7, 11) is 0. The lowest BCUT2D eigenvalue weighted by atomic mass is 10.1. The number of nitrogens with two attached hydrogens (primary N) is 1. The third kappa shape index (κ3) is 2.92. The summed E-state index contributed by atoms with van der Waals surface area (Å²) in [6.45, 7) is 4.77. The number of rotatable bonds is 4. The van der Waals surface area contributed by atoms with E-state index in [0.717, 1.165) is 11.4 Å². The number of nitrogens with zero attached hydrogens (tertiary/aromatic N) is 2. The number of hydrogen-bond donors (Lipinski definition) is 1. The van der Waals surface area contributed by atoms with Crippen molar-refractivity contribution in [2.24, 2.45) is 0 Å². The third-order valence-corrected chi connectivity index (χ3v) is 3.94. The van der Waals surface area contributed by atoms with Gasteiger partial charge in [-0.15, -0.1) is 0 Å². The molecule has 0 fully saturated rings. The van der Waals surface area contributed by atoms with Crippen LogP contribution < -0.4 is 10.9 Å². The Bertz CT molecular complexity index is 840. The Kier molecular flexibility index (Phi) is 4.02. The predicted molar refractivity (Wildman–Crippen MR) is 86.7 cm³/mol. The Labute approximate surface area is 129 Å². The Balaban J connectivity index is 1.82. The molecule has 1 atom stereocenters. The SMILES string of the molecule is Cc1cccc2nc(C[NH2+][C@H](C)c3ccccc3)cc(=O)n12. The van der Waals surface area contributed by atoms with E-state index in [2.05, 4.69) is 29.4 Å². The normalized spacial score (nSPS) is 12.5. The van der Waals surface area contributed by atoms with Crippen LogP contribution >= 0.6 is 0 Å². The number of benzene rings is 1. The van der Waals surface area contributed by atoms with E-state index < -0.39 is 0 Å². The molecule has 4 heteroatoms. The average molecular weight is 294 g/mol. The first kappa shape index (κ1) is 14.5. The molecule has 1 aromatic carbocycles. The standard InChI is InChI=1S/C18H19N3O/c1-13-7-6-10-17-20-16(11-18(22)21(13)17)12-19-14(2)15-8-4-3-5-9-15/h3-11,14,19H,12H2,1-2H3/p+1/t14-/m1/s1. The van der Waals surface area contributed by atoms with E-state index in [1.807, 2.05) is 43.3 Å². The van der Waals surface area contributed by atoms with Crippen molar-refractivity contribution in [3.05, 3.63) is 81.9 Å². The topological polar surface area (TPSA) is 51.0 Å². The highest BCUT2D eigenvalue weighted by Crippen LogP contribution is 2.07. The molecule has 0 spiro atoms. The quantitative estimate of drug-likeness (QED) is 0.798. The molecule has 0 aliphatic heterocycles. The zero-order valence-electron chi connectivity index (χ0n) is 12.9. The molecule has 2 N–H and O–H groups in total. The van der Waals surface area contributed by atoms with E-state index in [-0.39, 0.29) is 5.56 Å². The Hall–Kier alpha value is -2.46. The van der Waals surface area contributed by atoms with Crippen molar-refractivity contribution in [3.8, 4) is 0 Å². The molecule has 3 rings (SSSR count). The fraction of sp³-hybridized carbons (Fsp3) is 0.222. The van der Waals surface area contributed by atoms with Gasteiger partial charge < -0.3 is 5.32 Å². The van der Waals surface area contributed by atoms with Crippen LogP contribution in [-0.2, 0) is 6.54 Å². The van der Waals surface area contributed by atoms with Gasteiger partial charge in [-0.1, -0.05) is 36.4 Å². The lowest BCUT2D eigenvalue weighted by Gasteiger charge is -2.11. The number of pyridine rings is 1. The first-order chi connectivity index (χ1) is 10.6. The molecule has 112 valence electrons. The molecule has 0 unspecified atom stereocenters. The van der Waals surface area contributed by atoms with Crippen LogP contribution in [0.15, 0.2) is 59.4 Å². The van der Waals surface area contributed by atoms with Gasteiger partial charge in [0.05, 0.1) is 0 Å². The smallest absolute Gasteiger partial charge is 0.258 e. The van der Waals surface area contributed by atoms with Crippen LogP contribution in [0.5, 0.6) is 0 Å². The number of fused-ring (bicyclic) bond motifs is 1. The first-order valence-electron chi connectivity index (χ1n) is 7.52. The van der Waals surface area contributed by atoms with Crippen molar-refractivity contribution in [2.75, 3.05) is 0 Å². The molecule has 0 saturated carbocycles. The summed E-state index contributed by atoms with van der Waals surface area (Å²) >= 11 is 0. The number of quaternary nitrogens is 1. The van der Waals surface area contributed by atoms with Crippen LogP contribution in [0.1, 0.15) is 29.9 Å². The monoisotopic (exact) mass is 294 g/mol. The Morgan fingerprint density at radius 3 is 2.68 bits per heavy atom. The average Bonchev–Trinajstić information content (AvgIpc) is 2.53. The highest BCUT2D eigenvalue weighted by atomic mass is 16.1. The summed E-state index contributed by atoms with van der Waals surface area (Å²) in [4.78, 5) is 16.8. The summed E-state index contributed by atoms with van der Waals surface area (Å²) in [5, 5.41) is 2.20. The maximum atomic E-state index is 12.2. The predicted octanol–water partition coefficient (Wildman–Crippen LogP) is 1.83. The zero-order valence-corrected chi connectivity index (χ0v) is 12.9. The van der Waals surface area contributed by atoms with Crippen LogP contribution in [0, 0.1) is 6.92 Å². The van der Waals surface area contributed by atoms with Gasteiger partial charge in [-0.25, -0.2) is 4.98 Å². The lowest BCUT2D eigenvalue weighted by molar-refractivity contribution is -0.708. The molecule has 2 aromatic heterocycles. The minimum atomic E-state index is -0.0149. The van der Waals surface area contributed by atoms with Gasteiger partial charge in [-0.3, -0.25) is 9.20 Å². The molecule has 4 nitrogen and oxygen atoms in total. The van der Waals surface area contributed by atoms with Crippen LogP contribution in [0.25, 0.3) is 5.65 Å². The molecule has 0 amide bonds. The number of aryl methyl sites for hydroxylation is 1. The maximum Gasteiger partial charge on any atom is 0.258 e. The second kappa shape index (κ2) is 6.12. The van der Waals surface area contributed by atoms with Gasteiger partial charge in [0.15, 0.2) is 0 Å². The van der Waals surface area contributed by atoms with E-state index in [1.54, 1.807) is 10.5 Å². The Morgan fingerprint density at radius 2 is 1.91 bits per heavy atom. The van der Waals surface area contributed by atoms with Crippen LogP contribution in [0.4, 0.5) is 0 Å². The molecular weight excluding hydrogens is 274 g/mol. The Morgan fingerprint density at radius 1 is 1.14 bits per heavy atom. The minimum absolute atomic E-state index is 0.0149. The fourth-order valence-corrected chi connectivity index (χ4v) is 2.66. The third-order valence-electron chi connectivity index (χ3n) is 3.94. The van der Waals surface area contributed by atoms with Crippen LogP contribution in [0.3, 0.4) is 0 Å². The van der Waals surface area contributed by atoms with Crippen molar-refractivity contribution < 1.29 is 5.32 Å². The van der Waals surface area contributed by atoms with E-state index in [9.17, 15) is 4.79 Å². The minimum Gasteiger partial charge on any atom is -0.335 e. The molecule has 0 radical (unpaired) electrons. The molecule has 22 heavy (non-hydrogen) atoms. The highest BCUT2D eigenvalue weighted by Gasteiger charge is 2.10. The van der Waals surface area contributed by atoms with Crippen molar-refractivity contribution in [1.82, 2.24) is 9.38 Å². The molecule has 0 aliphatic carbocycles. The van der Waals surface area contributed by atoms with E-state index >= 15 is 0 Å². The molecular formula is C18H20N3O+. The summed E-state index contributed by atoms with van der Waals surface area (Å²) in [5.74, 6) is 0. The first-order valence-corrected chi connectivity index (χ1v) is 7.52. The van der Waals surface area contributed by atoms with Crippen LogP contribution in [-0.4, -0.2) is 9.38 Å². The van der Waals surface area contributed by atoms with E-state index in [0.29, 0.717) is 18.2 Å². The summed E-state index contributed by atoms with van der Waals surface area (Å²) in [6.07, 6.45) is 0. The van der Waals surface area contributed by atoms with Crippen molar-refractivity contribution in [2.45, 2.75) is 26.4 Å². The molecule has 2 heterocycles. The van der Waals surface area contributed by atoms with Gasteiger partial charge >= 0.3 is 0 Å². The summed E-state index contributed by atoms with van der Waals surface area (Å²) < 4.78 is 1.64. The van der Waals surface area contributed by atoms with Crippen molar-refractivity contribution in [1.29, 1.82) is 0 Å². The van der Waals surface area contributed by atoms with Gasteiger partial charge in [-0.05, 0) is 26.0 Å². The second-order valence-electron chi connectivity index (χ2n) is 5.59. The zero-order chi connectivity index (χ0) is 15.5. The highest BCUT2D eigenvalue weighted by molar-refractivity contribution is 5.40. The number of aromatic nitrogens is 2. The molecule has 3 aromatic rings. The van der Waals surface area contributed by atoms with Gasteiger partial charge in [0, 0.05) is 17.3 Å². The molecule has 0 saturated heterocycles. The largest absolute Gasteiger partial charge is 0.335 e. The second-order valence-corrected chi connectivity index (χ2v) is 5.59. The summed E-state index contributed by atoms with van der Waals surface area (Å²) in [5.41, 5.74) is 3.69. The van der Waals surface area contributed by atoms with Crippen LogP contribution in [0.2, 0.25) is 0 Å². The lowest BCUT2D eigenvalue weighted by Crippen LogP contribution is -2.83. The molecule has 0 aliphatic rings. The van der Waals surface area contributed by atoms with Gasteiger partial charge in [0.2, 0.25) is 0 Å². The van der Waals surface area contributed by atoms with Gasteiger partial charge in [0.25, 0.3) is 5.56 Å². The molecule has 0 bridgehead atoms. The summed E-state index contributed by atoms with van der Waals surface area (Å²) in [6, 6.07) is 18.0. The number of hydrogen-bond acceptors (Lipinski definition) is 2. The van der Waals surface area contributed by atoms with Gasteiger partial charge in [-0.2, -0.15) is 0 Å². The van der Waals surface area contributed by atoms with E-state index in [4.69, 9.17) is 0 Å². The fourth-order valence-electron chi connectivity index (χ4n) is 2.66. The van der Waals surface area contributed by atoms with Crippen molar-refractivity contribution >= 4 is 5.65 Å². The van der Waals surface area contributed by atoms with E-state index in [1.165, 1.54) is 5.56 Å². The van der Waals surface area contributed by atoms with Gasteiger partial charge in [0.1, 0.15) is 23.9 Å². The van der Waals surface area contributed by atoms with Crippen molar-refractivity contribution in [3.63, 3.8) is 0 Å².